The summed E-state index contributed by atoms with van der Waals surface area (Å²) in [6.07, 6.45) is 0.609. The molecule has 0 aliphatic heterocycles. The number of hydrogen-bond acceptors (Lipinski definition) is 8. The molecule has 0 saturated heterocycles. The van der Waals surface area contributed by atoms with Gasteiger partial charge in [0.15, 0.2) is 13.2 Å². The van der Waals surface area contributed by atoms with Crippen molar-refractivity contribution in [2.45, 2.75) is 13.0 Å². The number of rotatable bonds is 9. The van der Waals surface area contributed by atoms with Gasteiger partial charge in [0, 0.05) is 6.54 Å². The first-order valence-electron chi connectivity index (χ1n) is 8.51. The molecule has 0 atom stereocenters. The van der Waals surface area contributed by atoms with Crippen LogP contribution in [0, 0.1) is 0 Å². The summed E-state index contributed by atoms with van der Waals surface area (Å²) in [6.45, 7) is -0.171. The Labute approximate surface area is 165 Å². The molecule has 0 unspecified atom stereocenters. The molecule has 0 saturated carbocycles. The fourth-order valence-corrected chi connectivity index (χ4v) is 3.07. The highest BCUT2D eigenvalue weighted by molar-refractivity contribution is 7.13. The van der Waals surface area contributed by atoms with Crippen molar-refractivity contribution < 1.29 is 19.1 Å². The molecule has 1 aromatic carbocycles. The van der Waals surface area contributed by atoms with E-state index in [2.05, 4.69) is 20.7 Å². The number of methoxy groups -OCH3 is 1. The van der Waals surface area contributed by atoms with Gasteiger partial charge in [-0.3, -0.25) is 4.79 Å². The fourth-order valence-electron chi connectivity index (χ4n) is 2.42. The number of carbonyl (C=O) groups is 2. The molecular formula is C18H19N5O4S. The lowest BCUT2D eigenvalue weighted by atomic mass is 10.1. The molecule has 146 valence electrons. The molecule has 2 aromatic heterocycles. The van der Waals surface area contributed by atoms with Gasteiger partial charge < -0.3 is 14.8 Å². The van der Waals surface area contributed by atoms with Crippen molar-refractivity contribution in [2.24, 2.45) is 0 Å². The highest BCUT2D eigenvalue weighted by Crippen LogP contribution is 2.19. The maximum atomic E-state index is 11.8. The minimum Gasteiger partial charge on any atom is -0.496 e. The predicted molar refractivity (Wildman–Crippen MR) is 102 cm³/mol. The summed E-state index contributed by atoms with van der Waals surface area (Å²) in [5.74, 6) is 0.214. The van der Waals surface area contributed by atoms with E-state index in [1.165, 1.54) is 11.3 Å². The summed E-state index contributed by atoms with van der Waals surface area (Å²) in [5.41, 5.74) is 0.987. The third-order valence-electron chi connectivity index (χ3n) is 3.74. The first-order chi connectivity index (χ1) is 13.7. The standard InChI is InChI=1S/C18H19N5O4S/c1-26-14-6-3-2-5-13(14)8-9-19-16(24)12-27-17(25)11-23-21-18(20-22-23)15-7-4-10-28-15/h2-7,10H,8-9,11-12H2,1H3,(H,19,24). The van der Waals surface area contributed by atoms with Gasteiger partial charge >= 0.3 is 5.97 Å². The van der Waals surface area contributed by atoms with E-state index in [1.807, 2.05) is 41.8 Å². The van der Waals surface area contributed by atoms with E-state index in [0.29, 0.717) is 18.8 Å². The maximum absolute atomic E-state index is 11.8. The largest absolute Gasteiger partial charge is 0.496 e. The lowest BCUT2D eigenvalue weighted by Gasteiger charge is -2.09. The van der Waals surface area contributed by atoms with Crippen LogP contribution in [0.1, 0.15) is 5.56 Å². The molecule has 2 heterocycles. The maximum Gasteiger partial charge on any atom is 0.330 e. The number of thiophene rings is 1. The fraction of sp³-hybridized carbons (Fsp3) is 0.278. The number of esters is 1. The molecule has 0 bridgehead atoms. The van der Waals surface area contributed by atoms with Crippen molar-refractivity contribution >= 4 is 23.2 Å². The van der Waals surface area contributed by atoms with Crippen LogP contribution in [-0.4, -0.2) is 52.3 Å². The van der Waals surface area contributed by atoms with E-state index < -0.39 is 5.97 Å². The topological polar surface area (TPSA) is 108 Å². The molecule has 0 fully saturated rings. The number of ether oxygens (including phenoxy) is 2. The SMILES string of the molecule is COc1ccccc1CCNC(=O)COC(=O)Cn1nnc(-c2cccs2)n1. The third kappa shape index (κ3) is 5.36. The average molecular weight is 401 g/mol. The molecule has 0 aliphatic carbocycles. The normalized spacial score (nSPS) is 10.5. The monoisotopic (exact) mass is 401 g/mol. The minimum atomic E-state index is -0.616. The molecule has 3 aromatic rings. The Morgan fingerprint density at radius 1 is 1.21 bits per heavy atom. The quantitative estimate of drug-likeness (QED) is 0.539. The number of nitrogens with one attached hydrogen (secondary N) is 1. The van der Waals surface area contributed by atoms with Gasteiger partial charge in [-0.2, -0.15) is 4.80 Å². The van der Waals surface area contributed by atoms with Crippen molar-refractivity contribution in [3.05, 3.63) is 47.3 Å². The Kier molecular flexibility index (Phi) is 6.68. The van der Waals surface area contributed by atoms with Gasteiger partial charge in [-0.15, -0.1) is 21.5 Å². The zero-order valence-electron chi connectivity index (χ0n) is 15.2. The number of para-hydroxylation sites is 1. The Morgan fingerprint density at radius 2 is 2.07 bits per heavy atom. The Hall–Kier alpha value is -3.27. The molecule has 0 aliphatic rings. The van der Waals surface area contributed by atoms with Gasteiger partial charge in [-0.25, -0.2) is 4.79 Å². The van der Waals surface area contributed by atoms with Gasteiger partial charge in [0.1, 0.15) is 5.75 Å². The van der Waals surface area contributed by atoms with Crippen LogP contribution in [0.5, 0.6) is 5.75 Å². The Morgan fingerprint density at radius 3 is 2.86 bits per heavy atom. The number of carbonyl (C=O) groups excluding carboxylic acids is 2. The van der Waals surface area contributed by atoms with E-state index in [-0.39, 0.29) is 19.1 Å². The van der Waals surface area contributed by atoms with Gasteiger partial charge in [0.25, 0.3) is 5.91 Å². The molecule has 1 amide bonds. The van der Waals surface area contributed by atoms with Gasteiger partial charge in [-0.05, 0) is 34.7 Å². The highest BCUT2D eigenvalue weighted by atomic mass is 32.1. The van der Waals surface area contributed by atoms with E-state index in [0.717, 1.165) is 21.0 Å². The summed E-state index contributed by atoms with van der Waals surface area (Å²) in [5, 5.41) is 16.4. The molecule has 1 N–H and O–H groups in total. The van der Waals surface area contributed by atoms with Crippen molar-refractivity contribution in [2.75, 3.05) is 20.3 Å². The summed E-state index contributed by atoms with van der Waals surface area (Å²) in [6, 6.07) is 11.3. The van der Waals surface area contributed by atoms with Crippen LogP contribution in [0.2, 0.25) is 0 Å². The lowest BCUT2D eigenvalue weighted by molar-refractivity contribution is -0.149. The summed E-state index contributed by atoms with van der Waals surface area (Å²) >= 11 is 1.48. The van der Waals surface area contributed by atoms with Crippen LogP contribution >= 0.6 is 11.3 Å². The van der Waals surface area contributed by atoms with Crippen molar-refractivity contribution in [1.82, 2.24) is 25.5 Å². The Balaban J connectivity index is 1.38. The molecule has 0 radical (unpaired) electrons. The molecule has 3 rings (SSSR count). The van der Waals surface area contributed by atoms with Gasteiger partial charge in [0.2, 0.25) is 5.82 Å². The summed E-state index contributed by atoms with van der Waals surface area (Å²) in [4.78, 5) is 25.7. The molecule has 9 nitrogen and oxygen atoms in total. The van der Waals surface area contributed by atoms with Crippen LogP contribution in [0.3, 0.4) is 0 Å². The first kappa shape index (κ1) is 19.5. The van der Waals surface area contributed by atoms with E-state index in [1.54, 1.807) is 7.11 Å². The molecule has 0 spiro atoms. The smallest absolute Gasteiger partial charge is 0.330 e. The van der Waals surface area contributed by atoms with Crippen LogP contribution in [0.4, 0.5) is 0 Å². The first-order valence-corrected chi connectivity index (χ1v) is 9.39. The number of tetrazole rings is 1. The van der Waals surface area contributed by atoms with Crippen LogP contribution < -0.4 is 10.1 Å². The van der Waals surface area contributed by atoms with Gasteiger partial charge in [-0.1, -0.05) is 24.3 Å². The third-order valence-corrected chi connectivity index (χ3v) is 4.60. The second-order valence-corrected chi connectivity index (χ2v) is 6.64. The van der Waals surface area contributed by atoms with E-state index >= 15 is 0 Å². The second-order valence-electron chi connectivity index (χ2n) is 5.69. The van der Waals surface area contributed by atoms with Crippen LogP contribution in [0.25, 0.3) is 10.7 Å². The number of amides is 1. The molecular weight excluding hydrogens is 382 g/mol. The second kappa shape index (κ2) is 9.60. The average Bonchev–Trinajstić information content (AvgIpc) is 3.38. The number of benzene rings is 1. The predicted octanol–water partition coefficient (Wildman–Crippen LogP) is 1.31. The van der Waals surface area contributed by atoms with Crippen molar-refractivity contribution in [3.8, 4) is 16.5 Å². The summed E-state index contributed by atoms with van der Waals surface area (Å²) in [7, 11) is 1.60. The van der Waals surface area contributed by atoms with Gasteiger partial charge in [0.05, 0.1) is 12.0 Å². The van der Waals surface area contributed by atoms with Crippen LogP contribution in [0.15, 0.2) is 41.8 Å². The summed E-state index contributed by atoms with van der Waals surface area (Å²) < 4.78 is 10.2. The highest BCUT2D eigenvalue weighted by Gasteiger charge is 2.12. The minimum absolute atomic E-state index is 0.215. The molecule has 10 heteroatoms. The number of hydrogen-bond donors (Lipinski definition) is 1. The lowest BCUT2D eigenvalue weighted by Crippen LogP contribution is -2.31. The van der Waals surface area contributed by atoms with Crippen LogP contribution in [-0.2, 0) is 27.3 Å². The van der Waals surface area contributed by atoms with Crippen molar-refractivity contribution in [3.63, 3.8) is 0 Å². The van der Waals surface area contributed by atoms with Crippen molar-refractivity contribution in [1.29, 1.82) is 0 Å². The molecule has 28 heavy (non-hydrogen) atoms. The van der Waals surface area contributed by atoms with E-state index in [9.17, 15) is 9.59 Å². The zero-order chi connectivity index (χ0) is 19.8. The number of aromatic nitrogens is 4. The Bertz CT molecular complexity index is 926. The number of nitrogens with zero attached hydrogens (tertiary/aromatic N) is 4. The van der Waals surface area contributed by atoms with E-state index in [4.69, 9.17) is 9.47 Å². The zero-order valence-corrected chi connectivity index (χ0v) is 16.0.